The van der Waals surface area contributed by atoms with E-state index in [2.05, 4.69) is 46.1 Å². The number of hydrogen-bond acceptors (Lipinski definition) is 4. The Balaban J connectivity index is 1.63. The number of likely N-dealkylation sites (tertiary alicyclic amines) is 1. The number of nitrogens with zero attached hydrogens (tertiary/aromatic N) is 3. The molecule has 4 nitrogen and oxygen atoms in total. The zero-order chi connectivity index (χ0) is 16.1. The molecule has 1 aromatic heterocycles. The summed E-state index contributed by atoms with van der Waals surface area (Å²) in [5.41, 5.74) is 4.09. The van der Waals surface area contributed by atoms with E-state index in [-0.39, 0.29) is 0 Å². The molecule has 23 heavy (non-hydrogen) atoms. The number of ether oxygens (including phenoxy) is 1. The van der Waals surface area contributed by atoms with Gasteiger partial charge in [0.25, 0.3) is 0 Å². The Morgan fingerprint density at radius 2 is 2.00 bits per heavy atom. The lowest BCUT2D eigenvalue weighted by atomic mass is 9.88. The van der Waals surface area contributed by atoms with Crippen LogP contribution in [-0.4, -0.2) is 35.1 Å². The first-order chi connectivity index (χ1) is 11.3. The summed E-state index contributed by atoms with van der Waals surface area (Å²) in [6.45, 7) is 5.89. The summed E-state index contributed by atoms with van der Waals surface area (Å²) in [4.78, 5) is 11.2. The van der Waals surface area contributed by atoms with Crippen molar-refractivity contribution in [2.75, 3.05) is 20.2 Å². The quantitative estimate of drug-likeness (QED) is 0.849. The van der Waals surface area contributed by atoms with Gasteiger partial charge in [-0.05, 0) is 43.4 Å². The number of methoxy groups -OCH3 is 1. The topological polar surface area (TPSA) is 38.2 Å². The molecule has 0 radical (unpaired) electrons. The minimum absolute atomic E-state index is 0.472. The average molecular weight is 311 g/mol. The largest absolute Gasteiger partial charge is 0.377 e. The summed E-state index contributed by atoms with van der Waals surface area (Å²) in [7, 11) is 1.66. The summed E-state index contributed by atoms with van der Waals surface area (Å²) in [5.74, 6) is 1.38. The van der Waals surface area contributed by atoms with Gasteiger partial charge in [0.15, 0.2) is 5.82 Å². The molecule has 1 aliphatic heterocycles. The van der Waals surface area contributed by atoms with E-state index in [1.165, 1.54) is 29.5 Å². The first kappa shape index (κ1) is 16.1. The van der Waals surface area contributed by atoms with Gasteiger partial charge in [0.1, 0.15) is 6.61 Å². The van der Waals surface area contributed by atoms with Gasteiger partial charge < -0.3 is 4.74 Å². The Kier molecular flexibility index (Phi) is 5.36. The smallest absolute Gasteiger partial charge is 0.153 e. The molecule has 3 rings (SSSR count). The molecule has 1 atom stereocenters. The number of piperidine rings is 1. The van der Waals surface area contributed by atoms with E-state index >= 15 is 0 Å². The molecule has 4 heteroatoms. The monoisotopic (exact) mass is 311 g/mol. The van der Waals surface area contributed by atoms with Crippen molar-refractivity contribution in [3.63, 3.8) is 0 Å². The summed E-state index contributed by atoms with van der Waals surface area (Å²) in [6.07, 6.45) is 6.39. The van der Waals surface area contributed by atoms with Gasteiger partial charge >= 0.3 is 0 Å². The maximum absolute atomic E-state index is 5.06. The molecule has 0 amide bonds. The highest BCUT2D eigenvalue weighted by molar-refractivity contribution is 5.29. The fraction of sp³-hybridized carbons (Fsp3) is 0.474. The number of hydrogen-bond donors (Lipinski definition) is 0. The third-order valence-corrected chi connectivity index (χ3v) is 4.57. The van der Waals surface area contributed by atoms with Crippen LogP contribution in [0, 0.1) is 6.92 Å². The van der Waals surface area contributed by atoms with Crippen LogP contribution in [0.2, 0.25) is 0 Å². The van der Waals surface area contributed by atoms with Crippen molar-refractivity contribution in [3.8, 4) is 0 Å². The predicted octanol–water partition coefficient (Wildman–Crippen LogP) is 3.31. The van der Waals surface area contributed by atoms with Crippen LogP contribution in [-0.2, 0) is 17.9 Å². The van der Waals surface area contributed by atoms with Gasteiger partial charge in [0.05, 0.1) is 0 Å². The molecule has 0 N–H and O–H groups in total. The van der Waals surface area contributed by atoms with Crippen LogP contribution in [0.5, 0.6) is 0 Å². The molecule has 1 unspecified atom stereocenters. The van der Waals surface area contributed by atoms with E-state index < -0.39 is 0 Å². The number of rotatable bonds is 5. The molecule has 1 aromatic carbocycles. The maximum atomic E-state index is 5.06. The molecular formula is C19H25N3O. The molecule has 0 bridgehead atoms. The Bertz CT molecular complexity index is 627. The van der Waals surface area contributed by atoms with Crippen LogP contribution < -0.4 is 0 Å². The molecule has 122 valence electrons. The van der Waals surface area contributed by atoms with Gasteiger partial charge in [0, 0.05) is 38.2 Å². The lowest BCUT2D eigenvalue weighted by Crippen LogP contribution is -2.34. The van der Waals surface area contributed by atoms with Crippen LogP contribution in [0.25, 0.3) is 0 Å². The number of aryl methyl sites for hydroxylation is 1. The van der Waals surface area contributed by atoms with E-state index in [1.807, 2.05) is 12.4 Å². The third kappa shape index (κ3) is 4.15. The molecule has 1 saturated heterocycles. The van der Waals surface area contributed by atoms with Crippen molar-refractivity contribution >= 4 is 0 Å². The third-order valence-electron chi connectivity index (χ3n) is 4.57. The number of aromatic nitrogens is 2. The second kappa shape index (κ2) is 7.66. The Morgan fingerprint density at radius 3 is 2.74 bits per heavy atom. The lowest BCUT2D eigenvalue weighted by molar-refractivity contribution is 0.177. The highest BCUT2D eigenvalue weighted by atomic mass is 16.5. The average Bonchev–Trinajstić information content (AvgIpc) is 2.58. The zero-order valence-electron chi connectivity index (χ0n) is 14.0. The lowest BCUT2D eigenvalue weighted by Gasteiger charge is -2.33. The molecule has 2 aromatic rings. The first-order valence-corrected chi connectivity index (χ1v) is 8.33. The molecule has 2 heterocycles. The van der Waals surface area contributed by atoms with Crippen LogP contribution in [0.1, 0.15) is 41.3 Å². The predicted molar refractivity (Wildman–Crippen MR) is 91.2 cm³/mol. The summed E-state index contributed by atoms with van der Waals surface area (Å²) >= 11 is 0. The van der Waals surface area contributed by atoms with Gasteiger partial charge in [0.2, 0.25) is 0 Å². The molecule has 0 spiro atoms. The van der Waals surface area contributed by atoms with Gasteiger partial charge in [-0.15, -0.1) is 0 Å². The molecule has 1 fully saturated rings. The summed E-state index contributed by atoms with van der Waals surface area (Å²) < 4.78 is 5.06. The van der Waals surface area contributed by atoms with Crippen molar-refractivity contribution in [1.29, 1.82) is 0 Å². The maximum Gasteiger partial charge on any atom is 0.153 e. The van der Waals surface area contributed by atoms with E-state index in [9.17, 15) is 0 Å². The summed E-state index contributed by atoms with van der Waals surface area (Å²) in [5, 5.41) is 0. The molecular weight excluding hydrogens is 286 g/mol. The number of benzene rings is 1. The zero-order valence-corrected chi connectivity index (χ0v) is 14.0. The first-order valence-electron chi connectivity index (χ1n) is 8.33. The SMILES string of the molecule is COCc1ncc(CN2CCCC(c3ccccc3C)C2)cn1. The van der Waals surface area contributed by atoms with E-state index in [4.69, 9.17) is 4.74 Å². The van der Waals surface area contributed by atoms with Crippen molar-refractivity contribution in [1.82, 2.24) is 14.9 Å². The minimum Gasteiger partial charge on any atom is -0.377 e. The highest BCUT2D eigenvalue weighted by Crippen LogP contribution is 2.29. The van der Waals surface area contributed by atoms with Gasteiger partial charge in [-0.3, -0.25) is 4.90 Å². The van der Waals surface area contributed by atoms with Crippen molar-refractivity contribution in [2.45, 2.75) is 38.8 Å². The van der Waals surface area contributed by atoms with Crippen molar-refractivity contribution < 1.29 is 4.74 Å². The van der Waals surface area contributed by atoms with E-state index in [0.29, 0.717) is 12.5 Å². The molecule has 0 aliphatic carbocycles. The van der Waals surface area contributed by atoms with E-state index in [1.54, 1.807) is 7.11 Å². The molecule has 1 aliphatic rings. The fourth-order valence-corrected chi connectivity index (χ4v) is 3.42. The normalized spacial score (nSPS) is 19.0. The highest BCUT2D eigenvalue weighted by Gasteiger charge is 2.22. The Hall–Kier alpha value is -1.78. The fourth-order valence-electron chi connectivity index (χ4n) is 3.42. The second-order valence-corrected chi connectivity index (χ2v) is 6.37. The minimum atomic E-state index is 0.472. The van der Waals surface area contributed by atoms with Gasteiger partial charge in [-0.25, -0.2) is 9.97 Å². The van der Waals surface area contributed by atoms with Crippen molar-refractivity contribution in [3.05, 3.63) is 59.2 Å². The van der Waals surface area contributed by atoms with Crippen LogP contribution in [0.3, 0.4) is 0 Å². The second-order valence-electron chi connectivity index (χ2n) is 6.37. The van der Waals surface area contributed by atoms with Crippen LogP contribution in [0.4, 0.5) is 0 Å². The van der Waals surface area contributed by atoms with Gasteiger partial charge in [-0.2, -0.15) is 0 Å². The van der Waals surface area contributed by atoms with E-state index in [0.717, 1.165) is 25.5 Å². The molecule has 0 saturated carbocycles. The Morgan fingerprint density at radius 1 is 1.22 bits per heavy atom. The van der Waals surface area contributed by atoms with Crippen molar-refractivity contribution in [2.24, 2.45) is 0 Å². The van der Waals surface area contributed by atoms with Crippen LogP contribution >= 0.6 is 0 Å². The van der Waals surface area contributed by atoms with Gasteiger partial charge in [-0.1, -0.05) is 24.3 Å². The Labute approximate surface area is 138 Å². The van der Waals surface area contributed by atoms with Crippen LogP contribution in [0.15, 0.2) is 36.7 Å². The summed E-state index contributed by atoms with van der Waals surface area (Å²) in [6, 6.07) is 8.78. The standard InChI is InChI=1S/C19H25N3O/c1-15-6-3-4-8-18(15)17-7-5-9-22(13-17)12-16-10-20-19(14-23-2)21-11-16/h3-4,6,8,10-11,17H,5,7,9,12-14H2,1-2H3.